The van der Waals surface area contributed by atoms with Gasteiger partial charge in [-0.05, 0) is 55.2 Å². The summed E-state index contributed by atoms with van der Waals surface area (Å²) in [6.45, 7) is 7.13. The van der Waals surface area contributed by atoms with Gasteiger partial charge in [0, 0.05) is 6.20 Å². The smallest absolute Gasteiger partial charge is 0.328 e. The third-order valence-electron chi connectivity index (χ3n) is 1.83. The van der Waals surface area contributed by atoms with Crippen LogP contribution in [0.2, 0.25) is 5.28 Å². The van der Waals surface area contributed by atoms with Crippen LogP contribution in [0.4, 0.5) is 5.82 Å². The molecule has 18 heavy (non-hydrogen) atoms. The van der Waals surface area contributed by atoms with Crippen molar-refractivity contribution in [1.29, 1.82) is 0 Å². The minimum atomic E-state index is -0.536. The van der Waals surface area contributed by atoms with Gasteiger partial charge in [0.05, 0.1) is 4.47 Å². The Bertz CT molecular complexity index is 448. The standard InChI is InChI=1S/C11H15BrClN3O2/c1-6(9(17)18-11(2,3)4)15-8-7(12)5-14-10(13)16-8/h5-6H,1-4H3,(H,14,15,16)/t6-/m0/s1. The molecule has 0 aliphatic rings. The first-order valence-electron chi connectivity index (χ1n) is 5.36. The normalized spacial score (nSPS) is 13.0. The molecule has 1 aromatic rings. The molecule has 100 valence electrons. The number of esters is 1. The molecule has 1 aromatic heterocycles. The highest BCUT2D eigenvalue weighted by Gasteiger charge is 2.22. The Balaban J connectivity index is 2.72. The molecule has 0 saturated heterocycles. The van der Waals surface area contributed by atoms with E-state index < -0.39 is 11.6 Å². The summed E-state index contributed by atoms with van der Waals surface area (Å²) < 4.78 is 5.88. The maximum atomic E-state index is 11.8. The Morgan fingerprint density at radius 3 is 2.72 bits per heavy atom. The number of anilines is 1. The van der Waals surface area contributed by atoms with Crippen LogP contribution >= 0.6 is 27.5 Å². The van der Waals surface area contributed by atoms with Crippen LogP contribution in [0.25, 0.3) is 0 Å². The SMILES string of the molecule is C[C@H](Nc1nc(Cl)ncc1Br)C(=O)OC(C)(C)C. The molecule has 0 spiro atoms. The molecule has 0 aromatic carbocycles. The van der Waals surface area contributed by atoms with Crippen molar-refractivity contribution in [3.8, 4) is 0 Å². The molecule has 0 fully saturated rings. The van der Waals surface area contributed by atoms with Gasteiger partial charge in [-0.2, -0.15) is 4.98 Å². The van der Waals surface area contributed by atoms with E-state index in [1.54, 1.807) is 6.92 Å². The number of aromatic nitrogens is 2. The minimum Gasteiger partial charge on any atom is -0.458 e. The van der Waals surface area contributed by atoms with Crippen LogP contribution in [-0.4, -0.2) is 27.6 Å². The molecule has 1 heterocycles. The van der Waals surface area contributed by atoms with Gasteiger partial charge in [-0.3, -0.25) is 0 Å². The fraction of sp³-hybridized carbons (Fsp3) is 0.545. The predicted molar refractivity (Wildman–Crippen MR) is 73.7 cm³/mol. The van der Waals surface area contributed by atoms with Gasteiger partial charge in [0.15, 0.2) is 0 Å². The maximum Gasteiger partial charge on any atom is 0.328 e. The maximum absolute atomic E-state index is 11.8. The third-order valence-corrected chi connectivity index (χ3v) is 2.59. The van der Waals surface area contributed by atoms with Gasteiger partial charge in [-0.15, -0.1) is 0 Å². The number of ether oxygens (including phenoxy) is 1. The van der Waals surface area contributed by atoms with E-state index in [9.17, 15) is 4.79 Å². The first-order chi connectivity index (χ1) is 8.19. The van der Waals surface area contributed by atoms with Crippen molar-refractivity contribution < 1.29 is 9.53 Å². The Hall–Kier alpha value is -0.880. The molecule has 1 N–H and O–H groups in total. The molecule has 1 rings (SSSR count). The Morgan fingerprint density at radius 2 is 2.17 bits per heavy atom. The monoisotopic (exact) mass is 335 g/mol. The summed E-state index contributed by atoms with van der Waals surface area (Å²) in [5, 5.41) is 3.02. The summed E-state index contributed by atoms with van der Waals surface area (Å²) in [5.41, 5.74) is -0.520. The van der Waals surface area contributed by atoms with Gasteiger partial charge < -0.3 is 10.1 Å². The molecule has 0 bridgehead atoms. The lowest BCUT2D eigenvalue weighted by atomic mass is 10.2. The molecule has 0 amide bonds. The van der Waals surface area contributed by atoms with Crippen LogP contribution in [0.5, 0.6) is 0 Å². The van der Waals surface area contributed by atoms with Crippen LogP contribution in [0.1, 0.15) is 27.7 Å². The summed E-state index contributed by atoms with van der Waals surface area (Å²) >= 11 is 8.96. The number of carbonyl (C=O) groups is 1. The average molecular weight is 337 g/mol. The number of rotatable bonds is 3. The van der Waals surface area contributed by atoms with Crippen molar-refractivity contribution >= 4 is 39.3 Å². The quantitative estimate of drug-likeness (QED) is 0.679. The van der Waals surface area contributed by atoms with E-state index in [-0.39, 0.29) is 11.3 Å². The summed E-state index contributed by atoms with van der Waals surface area (Å²) in [7, 11) is 0. The third kappa shape index (κ3) is 4.78. The molecular formula is C11H15BrClN3O2. The summed E-state index contributed by atoms with van der Waals surface area (Å²) in [6.07, 6.45) is 1.51. The van der Waals surface area contributed by atoms with Gasteiger partial charge in [0.1, 0.15) is 17.5 Å². The molecule has 7 heteroatoms. The van der Waals surface area contributed by atoms with Gasteiger partial charge in [-0.1, -0.05) is 0 Å². The van der Waals surface area contributed by atoms with Gasteiger partial charge in [0.25, 0.3) is 0 Å². The van der Waals surface area contributed by atoms with Crippen LogP contribution in [0.15, 0.2) is 10.7 Å². The van der Waals surface area contributed by atoms with Crippen molar-refractivity contribution in [3.05, 3.63) is 16.0 Å². The highest BCUT2D eigenvalue weighted by atomic mass is 79.9. The van der Waals surface area contributed by atoms with Crippen molar-refractivity contribution in [2.75, 3.05) is 5.32 Å². The molecule has 5 nitrogen and oxygen atoms in total. The lowest BCUT2D eigenvalue weighted by Crippen LogP contribution is -2.34. The second-order valence-electron chi connectivity index (χ2n) is 4.74. The zero-order valence-corrected chi connectivity index (χ0v) is 13.0. The van der Waals surface area contributed by atoms with Crippen LogP contribution in [-0.2, 0) is 9.53 Å². The molecule has 1 atom stereocenters. The second kappa shape index (κ2) is 5.84. The number of halogens is 2. The van der Waals surface area contributed by atoms with Crippen LogP contribution < -0.4 is 5.32 Å². The van der Waals surface area contributed by atoms with Gasteiger partial charge >= 0.3 is 5.97 Å². The first kappa shape index (κ1) is 15.2. The van der Waals surface area contributed by atoms with Crippen molar-refractivity contribution in [3.63, 3.8) is 0 Å². The number of hydrogen-bond donors (Lipinski definition) is 1. The van der Waals surface area contributed by atoms with E-state index in [4.69, 9.17) is 16.3 Å². The Kier molecular flexibility index (Phi) is 4.92. The molecule has 0 aliphatic carbocycles. The van der Waals surface area contributed by atoms with E-state index in [1.165, 1.54) is 6.20 Å². The Labute approximate surface area is 119 Å². The van der Waals surface area contributed by atoms with E-state index in [1.807, 2.05) is 20.8 Å². The number of nitrogens with zero attached hydrogens (tertiary/aromatic N) is 2. The largest absolute Gasteiger partial charge is 0.458 e. The molecule has 0 aliphatic heterocycles. The fourth-order valence-electron chi connectivity index (χ4n) is 1.10. The molecular weight excluding hydrogens is 321 g/mol. The second-order valence-corrected chi connectivity index (χ2v) is 5.93. The van der Waals surface area contributed by atoms with Crippen molar-refractivity contribution in [1.82, 2.24) is 9.97 Å². The van der Waals surface area contributed by atoms with E-state index in [0.717, 1.165) is 0 Å². The van der Waals surface area contributed by atoms with Crippen molar-refractivity contribution in [2.24, 2.45) is 0 Å². The summed E-state index contributed by atoms with van der Waals surface area (Å²) in [6, 6.07) is -0.536. The summed E-state index contributed by atoms with van der Waals surface area (Å²) in [4.78, 5) is 19.6. The van der Waals surface area contributed by atoms with Crippen molar-refractivity contribution in [2.45, 2.75) is 39.3 Å². The fourth-order valence-corrected chi connectivity index (χ4v) is 1.54. The molecule has 0 saturated carbocycles. The highest BCUT2D eigenvalue weighted by molar-refractivity contribution is 9.10. The van der Waals surface area contributed by atoms with E-state index in [0.29, 0.717) is 10.3 Å². The number of carbonyl (C=O) groups excluding carboxylic acids is 1. The van der Waals surface area contributed by atoms with E-state index in [2.05, 4.69) is 31.2 Å². The number of hydrogen-bond acceptors (Lipinski definition) is 5. The highest BCUT2D eigenvalue weighted by Crippen LogP contribution is 2.21. The zero-order chi connectivity index (χ0) is 13.9. The lowest BCUT2D eigenvalue weighted by Gasteiger charge is -2.23. The molecule has 0 unspecified atom stereocenters. The van der Waals surface area contributed by atoms with Crippen LogP contribution in [0, 0.1) is 0 Å². The van der Waals surface area contributed by atoms with Gasteiger partial charge in [0.2, 0.25) is 5.28 Å². The van der Waals surface area contributed by atoms with Gasteiger partial charge in [-0.25, -0.2) is 9.78 Å². The topological polar surface area (TPSA) is 64.1 Å². The number of nitrogens with one attached hydrogen (secondary N) is 1. The first-order valence-corrected chi connectivity index (χ1v) is 6.53. The minimum absolute atomic E-state index is 0.108. The Morgan fingerprint density at radius 1 is 1.56 bits per heavy atom. The molecule has 0 radical (unpaired) electrons. The zero-order valence-electron chi connectivity index (χ0n) is 10.6. The lowest BCUT2D eigenvalue weighted by molar-refractivity contribution is -0.155. The van der Waals surface area contributed by atoms with Crippen LogP contribution in [0.3, 0.4) is 0 Å². The predicted octanol–water partition coefficient (Wildman–Crippen LogP) is 3.03. The van der Waals surface area contributed by atoms with E-state index >= 15 is 0 Å². The average Bonchev–Trinajstić information content (AvgIpc) is 2.21. The summed E-state index contributed by atoms with van der Waals surface area (Å²) in [5.74, 6) is 0.0949.